The number of carbonyl (C=O) groups excluding carboxylic acids is 1. The average molecular weight is 189 g/mol. The van der Waals surface area contributed by atoms with E-state index in [1.165, 1.54) is 0 Å². The molecule has 1 heterocycles. The molecule has 0 bridgehead atoms. The standard InChI is InChI=1S/C10H7NO3/c12-5-7-9(13)6-3-1-2-4-8(6)11-10(7)14/h1-5H,(H2,11,13,14). The smallest absolute Gasteiger partial charge is 0.226 e. The number of fused-ring (bicyclic) bond motifs is 1. The summed E-state index contributed by atoms with van der Waals surface area (Å²) in [4.78, 5) is 14.3. The Bertz CT molecular complexity index is 508. The summed E-state index contributed by atoms with van der Waals surface area (Å²) >= 11 is 0. The van der Waals surface area contributed by atoms with Crippen LogP contribution >= 0.6 is 0 Å². The van der Waals surface area contributed by atoms with Crippen LogP contribution < -0.4 is 0 Å². The van der Waals surface area contributed by atoms with Crippen molar-refractivity contribution in [2.24, 2.45) is 0 Å². The molecule has 0 amide bonds. The first-order valence-corrected chi connectivity index (χ1v) is 4.00. The minimum atomic E-state index is -0.448. The van der Waals surface area contributed by atoms with Crippen molar-refractivity contribution in [2.75, 3.05) is 0 Å². The van der Waals surface area contributed by atoms with Crippen LogP contribution in [0.4, 0.5) is 0 Å². The van der Waals surface area contributed by atoms with Gasteiger partial charge in [-0.15, -0.1) is 0 Å². The highest BCUT2D eigenvalue weighted by Crippen LogP contribution is 2.31. The van der Waals surface area contributed by atoms with Gasteiger partial charge in [0.05, 0.1) is 5.52 Å². The van der Waals surface area contributed by atoms with E-state index in [1.54, 1.807) is 24.3 Å². The number of rotatable bonds is 1. The van der Waals surface area contributed by atoms with E-state index >= 15 is 0 Å². The quantitative estimate of drug-likeness (QED) is 0.666. The van der Waals surface area contributed by atoms with Crippen LogP contribution in [0.15, 0.2) is 24.3 Å². The summed E-state index contributed by atoms with van der Waals surface area (Å²) in [5.74, 6) is -0.681. The molecule has 2 aromatic rings. The largest absolute Gasteiger partial charge is 0.506 e. The van der Waals surface area contributed by atoms with Gasteiger partial charge in [0.2, 0.25) is 5.88 Å². The molecule has 1 aromatic heterocycles. The van der Waals surface area contributed by atoms with E-state index in [0.717, 1.165) is 0 Å². The summed E-state index contributed by atoms with van der Waals surface area (Å²) < 4.78 is 0. The van der Waals surface area contributed by atoms with E-state index in [2.05, 4.69) is 4.98 Å². The maximum atomic E-state index is 10.5. The molecule has 2 N–H and O–H groups in total. The van der Waals surface area contributed by atoms with Crippen molar-refractivity contribution < 1.29 is 15.0 Å². The fourth-order valence-corrected chi connectivity index (χ4v) is 1.31. The second-order valence-electron chi connectivity index (χ2n) is 2.83. The molecule has 0 spiro atoms. The number of para-hydroxylation sites is 1. The summed E-state index contributed by atoms with van der Waals surface area (Å²) in [6.07, 6.45) is 0.379. The van der Waals surface area contributed by atoms with Gasteiger partial charge in [-0.1, -0.05) is 12.1 Å². The highest BCUT2D eigenvalue weighted by molar-refractivity contribution is 5.95. The van der Waals surface area contributed by atoms with Crippen LogP contribution in [-0.4, -0.2) is 21.5 Å². The van der Waals surface area contributed by atoms with Gasteiger partial charge >= 0.3 is 0 Å². The summed E-state index contributed by atoms with van der Waals surface area (Å²) in [5.41, 5.74) is 0.275. The molecule has 0 saturated heterocycles. The van der Waals surface area contributed by atoms with Crippen molar-refractivity contribution in [3.05, 3.63) is 29.8 Å². The summed E-state index contributed by atoms with van der Waals surface area (Å²) in [7, 11) is 0. The van der Waals surface area contributed by atoms with Crippen LogP contribution in [-0.2, 0) is 0 Å². The van der Waals surface area contributed by atoms with Gasteiger partial charge in [0.25, 0.3) is 0 Å². The lowest BCUT2D eigenvalue weighted by Gasteiger charge is -2.03. The molecule has 70 valence electrons. The summed E-state index contributed by atoms with van der Waals surface area (Å²) in [6, 6.07) is 6.72. The molecule has 2 rings (SSSR count). The van der Waals surface area contributed by atoms with Crippen LogP contribution in [0.5, 0.6) is 11.6 Å². The number of aldehydes is 1. The molecule has 0 saturated carbocycles. The molecule has 0 atom stereocenters. The maximum Gasteiger partial charge on any atom is 0.226 e. The Morgan fingerprint density at radius 3 is 2.64 bits per heavy atom. The Kier molecular flexibility index (Phi) is 1.81. The van der Waals surface area contributed by atoms with E-state index in [1.807, 2.05) is 0 Å². The van der Waals surface area contributed by atoms with Crippen LogP contribution in [0.25, 0.3) is 10.9 Å². The van der Waals surface area contributed by atoms with E-state index in [4.69, 9.17) is 0 Å². The van der Waals surface area contributed by atoms with Gasteiger partial charge in [-0.2, -0.15) is 0 Å². The first kappa shape index (κ1) is 8.50. The normalized spacial score (nSPS) is 10.3. The maximum absolute atomic E-state index is 10.5. The molecular weight excluding hydrogens is 182 g/mol. The zero-order valence-corrected chi connectivity index (χ0v) is 7.14. The van der Waals surface area contributed by atoms with Crippen molar-refractivity contribution in [2.45, 2.75) is 0 Å². The van der Waals surface area contributed by atoms with Gasteiger partial charge in [-0.3, -0.25) is 4.79 Å². The van der Waals surface area contributed by atoms with Crippen molar-refractivity contribution in [1.29, 1.82) is 0 Å². The SMILES string of the molecule is O=Cc1c(O)nc2ccccc2c1O. The minimum Gasteiger partial charge on any atom is -0.506 e. The number of aromatic nitrogens is 1. The monoisotopic (exact) mass is 189 g/mol. The molecule has 0 unspecified atom stereocenters. The number of benzene rings is 1. The second-order valence-corrected chi connectivity index (χ2v) is 2.83. The zero-order valence-electron chi connectivity index (χ0n) is 7.14. The number of hydrogen-bond acceptors (Lipinski definition) is 4. The number of hydrogen-bond donors (Lipinski definition) is 2. The van der Waals surface area contributed by atoms with Gasteiger partial charge < -0.3 is 10.2 Å². The third-order valence-electron chi connectivity index (χ3n) is 2.00. The Hall–Kier alpha value is -2.10. The van der Waals surface area contributed by atoms with E-state index < -0.39 is 5.88 Å². The molecule has 0 radical (unpaired) electrons. The molecule has 0 aliphatic carbocycles. The molecular formula is C10H7NO3. The molecule has 0 aliphatic heterocycles. The lowest BCUT2D eigenvalue weighted by molar-refractivity contribution is 0.111. The van der Waals surface area contributed by atoms with Gasteiger partial charge in [0.1, 0.15) is 11.3 Å². The number of carbonyl (C=O) groups is 1. The molecule has 4 heteroatoms. The zero-order chi connectivity index (χ0) is 10.1. The lowest BCUT2D eigenvalue weighted by Crippen LogP contribution is -1.88. The predicted molar refractivity (Wildman–Crippen MR) is 50.5 cm³/mol. The molecule has 4 nitrogen and oxygen atoms in total. The first-order valence-electron chi connectivity index (χ1n) is 4.00. The molecule has 0 fully saturated rings. The highest BCUT2D eigenvalue weighted by atomic mass is 16.3. The first-order chi connectivity index (χ1) is 6.74. The molecule has 1 aromatic carbocycles. The average Bonchev–Trinajstić information content (AvgIpc) is 2.18. The van der Waals surface area contributed by atoms with Crippen LogP contribution in [0.3, 0.4) is 0 Å². The minimum absolute atomic E-state index is 0.177. The summed E-state index contributed by atoms with van der Waals surface area (Å²) in [6.45, 7) is 0. The predicted octanol–water partition coefficient (Wildman–Crippen LogP) is 1.46. The van der Waals surface area contributed by atoms with Gasteiger partial charge in [0, 0.05) is 5.39 Å². The summed E-state index contributed by atoms with van der Waals surface area (Å²) in [5, 5.41) is 19.3. The fraction of sp³-hybridized carbons (Fsp3) is 0. The number of aromatic hydroxyl groups is 2. The van der Waals surface area contributed by atoms with Gasteiger partial charge in [-0.25, -0.2) is 4.98 Å². The second kappa shape index (κ2) is 2.99. The van der Waals surface area contributed by atoms with Crippen molar-refractivity contribution in [3.8, 4) is 11.6 Å². The third kappa shape index (κ3) is 1.08. The molecule has 0 aliphatic rings. The lowest BCUT2D eigenvalue weighted by atomic mass is 10.1. The van der Waals surface area contributed by atoms with Gasteiger partial charge in [0.15, 0.2) is 6.29 Å². The van der Waals surface area contributed by atoms with Gasteiger partial charge in [-0.05, 0) is 12.1 Å². The number of nitrogens with zero attached hydrogens (tertiary/aromatic N) is 1. The van der Waals surface area contributed by atoms with E-state index in [-0.39, 0.29) is 11.3 Å². The Labute approximate surface area is 79.4 Å². The Morgan fingerprint density at radius 1 is 1.21 bits per heavy atom. The topological polar surface area (TPSA) is 70.4 Å². The van der Waals surface area contributed by atoms with Crippen molar-refractivity contribution >= 4 is 17.2 Å². The van der Waals surface area contributed by atoms with E-state index in [0.29, 0.717) is 17.2 Å². The Morgan fingerprint density at radius 2 is 1.93 bits per heavy atom. The Balaban J connectivity index is 2.92. The third-order valence-corrected chi connectivity index (χ3v) is 2.00. The van der Waals surface area contributed by atoms with Crippen molar-refractivity contribution in [1.82, 2.24) is 4.98 Å². The van der Waals surface area contributed by atoms with Crippen LogP contribution in [0.1, 0.15) is 10.4 Å². The fourth-order valence-electron chi connectivity index (χ4n) is 1.31. The highest BCUT2D eigenvalue weighted by Gasteiger charge is 2.12. The van der Waals surface area contributed by atoms with E-state index in [9.17, 15) is 15.0 Å². The van der Waals surface area contributed by atoms with Crippen molar-refractivity contribution in [3.63, 3.8) is 0 Å². The number of pyridine rings is 1. The molecule has 14 heavy (non-hydrogen) atoms. The van der Waals surface area contributed by atoms with Crippen LogP contribution in [0, 0.1) is 0 Å². The van der Waals surface area contributed by atoms with Crippen LogP contribution in [0.2, 0.25) is 0 Å².